The minimum Gasteiger partial charge on any atom is -0.478 e. The number of pyridine rings is 1. The number of rotatable bonds is 7. The molecule has 0 amide bonds. The van der Waals surface area contributed by atoms with E-state index in [1.54, 1.807) is 10.9 Å². The van der Waals surface area contributed by atoms with Crippen LogP contribution < -0.4 is 4.74 Å². The molecule has 0 bridgehead atoms. The third kappa shape index (κ3) is 3.62. The summed E-state index contributed by atoms with van der Waals surface area (Å²) in [5.41, 5.74) is 1.40. The van der Waals surface area contributed by atoms with E-state index in [1.165, 1.54) is 12.5 Å². The number of carboxylic acid groups (broad SMARTS) is 1. The lowest BCUT2D eigenvalue weighted by molar-refractivity contribution is -0.148. The molecular weight excluding hydrogens is 338 g/mol. The first-order valence-corrected chi connectivity index (χ1v) is 8.09. The second-order valence-corrected chi connectivity index (χ2v) is 5.94. The topological polar surface area (TPSA) is 112 Å². The number of nitrogens with zero attached hydrogens (tertiary/aromatic N) is 5. The van der Waals surface area contributed by atoms with Gasteiger partial charge in [0.25, 0.3) is 0 Å². The van der Waals surface area contributed by atoms with E-state index in [2.05, 4.69) is 20.1 Å². The highest BCUT2D eigenvalue weighted by Crippen LogP contribution is 2.24. The van der Waals surface area contributed by atoms with Crippen molar-refractivity contribution in [1.29, 1.82) is 0 Å². The summed E-state index contributed by atoms with van der Waals surface area (Å²) in [6, 6.07) is 3.75. The maximum atomic E-state index is 11.4. The first kappa shape index (κ1) is 17.7. The largest absolute Gasteiger partial charge is 0.478 e. The number of carboxylic acids is 1. The number of hydrogen-bond acceptors (Lipinski definition) is 7. The number of carbonyl (C=O) groups is 1. The van der Waals surface area contributed by atoms with Gasteiger partial charge in [-0.3, -0.25) is 0 Å². The van der Waals surface area contributed by atoms with Gasteiger partial charge in [0.15, 0.2) is 11.5 Å². The molecule has 0 aliphatic rings. The molecule has 3 aromatic rings. The van der Waals surface area contributed by atoms with Gasteiger partial charge in [0, 0.05) is 6.20 Å². The van der Waals surface area contributed by atoms with Gasteiger partial charge >= 0.3 is 5.97 Å². The molecule has 0 aliphatic carbocycles. The Hall–Kier alpha value is -3.07. The third-order valence-corrected chi connectivity index (χ3v) is 3.62. The van der Waals surface area contributed by atoms with Crippen LogP contribution in [0.25, 0.3) is 16.9 Å². The average molecular weight is 357 g/mol. The van der Waals surface area contributed by atoms with Gasteiger partial charge < -0.3 is 14.6 Å². The normalized spacial score (nSPS) is 12.5. The summed E-state index contributed by atoms with van der Waals surface area (Å²) in [7, 11) is 0. The Morgan fingerprint density at radius 2 is 2.12 bits per heavy atom. The molecule has 9 heteroatoms. The molecule has 1 N–H and O–H groups in total. The molecule has 0 saturated carbocycles. The molecule has 3 rings (SSSR count). The van der Waals surface area contributed by atoms with Crippen molar-refractivity contribution >= 4 is 17.0 Å². The van der Waals surface area contributed by atoms with Gasteiger partial charge in [-0.15, -0.1) is 0 Å². The van der Waals surface area contributed by atoms with E-state index in [9.17, 15) is 9.90 Å². The Morgan fingerprint density at radius 3 is 2.81 bits per heavy atom. The standard InChI is InChI=1S/C17H19N5O4/c1-10(2)25-8-13(17(23)24)26-16-12-7-21-22(15(12)19-9-20-16)14-11(3)5-4-6-18-14/h4-7,9-10,13H,8H2,1-3H3,(H,23,24). The first-order valence-electron chi connectivity index (χ1n) is 8.09. The van der Waals surface area contributed by atoms with Gasteiger partial charge in [0.2, 0.25) is 12.0 Å². The second-order valence-electron chi connectivity index (χ2n) is 5.94. The van der Waals surface area contributed by atoms with E-state index in [-0.39, 0.29) is 18.6 Å². The monoisotopic (exact) mass is 357 g/mol. The Labute approximate surface area is 149 Å². The molecule has 1 atom stereocenters. The fourth-order valence-electron chi connectivity index (χ4n) is 2.34. The van der Waals surface area contributed by atoms with Crippen LogP contribution in [0, 0.1) is 6.92 Å². The smallest absolute Gasteiger partial charge is 0.347 e. The molecule has 0 aliphatic heterocycles. The van der Waals surface area contributed by atoms with Gasteiger partial charge in [-0.2, -0.15) is 9.78 Å². The number of aromatic nitrogens is 5. The van der Waals surface area contributed by atoms with E-state index < -0.39 is 12.1 Å². The number of aliphatic carboxylic acids is 1. The summed E-state index contributed by atoms with van der Waals surface area (Å²) < 4.78 is 12.5. The Morgan fingerprint density at radius 1 is 1.31 bits per heavy atom. The third-order valence-electron chi connectivity index (χ3n) is 3.62. The first-order chi connectivity index (χ1) is 12.5. The molecule has 0 saturated heterocycles. The fourth-order valence-corrected chi connectivity index (χ4v) is 2.34. The zero-order valence-electron chi connectivity index (χ0n) is 14.7. The minimum atomic E-state index is -1.18. The molecule has 3 heterocycles. The van der Waals surface area contributed by atoms with Gasteiger partial charge in [0.05, 0.1) is 18.9 Å². The van der Waals surface area contributed by atoms with Crippen molar-refractivity contribution in [3.63, 3.8) is 0 Å². The van der Waals surface area contributed by atoms with Crippen LogP contribution in [0.5, 0.6) is 5.88 Å². The molecule has 0 spiro atoms. The molecule has 3 aromatic heterocycles. The van der Waals surface area contributed by atoms with E-state index in [0.717, 1.165) is 5.56 Å². The lowest BCUT2D eigenvalue weighted by atomic mass is 10.3. The predicted octanol–water partition coefficient (Wildman–Crippen LogP) is 1.78. The molecule has 0 fully saturated rings. The van der Waals surface area contributed by atoms with E-state index in [0.29, 0.717) is 16.9 Å². The summed E-state index contributed by atoms with van der Waals surface area (Å²) in [6.07, 6.45) is 3.20. The number of hydrogen-bond donors (Lipinski definition) is 1. The quantitative estimate of drug-likeness (QED) is 0.681. The van der Waals surface area contributed by atoms with Crippen LogP contribution in [0.3, 0.4) is 0 Å². The Bertz CT molecular complexity index is 924. The summed E-state index contributed by atoms with van der Waals surface area (Å²) in [5.74, 6) is -0.370. The molecule has 26 heavy (non-hydrogen) atoms. The minimum absolute atomic E-state index is 0.0913. The Kier molecular flexibility index (Phi) is 5.08. The molecular formula is C17H19N5O4. The highest BCUT2D eigenvalue weighted by atomic mass is 16.6. The van der Waals surface area contributed by atoms with Crippen molar-refractivity contribution in [2.45, 2.75) is 33.0 Å². The van der Waals surface area contributed by atoms with Crippen LogP contribution in [0.15, 0.2) is 30.9 Å². The molecule has 9 nitrogen and oxygen atoms in total. The van der Waals surface area contributed by atoms with Crippen LogP contribution in [0.4, 0.5) is 0 Å². The highest BCUT2D eigenvalue weighted by Gasteiger charge is 2.23. The van der Waals surface area contributed by atoms with Crippen molar-refractivity contribution in [1.82, 2.24) is 24.7 Å². The highest BCUT2D eigenvalue weighted by molar-refractivity contribution is 5.82. The van der Waals surface area contributed by atoms with Gasteiger partial charge in [-0.1, -0.05) is 6.07 Å². The summed E-state index contributed by atoms with van der Waals surface area (Å²) in [5, 5.41) is 14.2. The van der Waals surface area contributed by atoms with E-state index in [1.807, 2.05) is 32.9 Å². The van der Waals surface area contributed by atoms with Crippen molar-refractivity contribution in [2.75, 3.05) is 6.61 Å². The van der Waals surface area contributed by atoms with Gasteiger partial charge in [0.1, 0.15) is 11.7 Å². The molecule has 1 unspecified atom stereocenters. The van der Waals surface area contributed by atoms with Crippen LogP contribution in [-0.2, 0) is 9.53 Å². The zero-order chi connectivity index (χ0) is 18.7. The number of ether oxygens (including phenoxy) is 2. The van der Waals surface area contributed by atoms with Gasteiger partial charge in [-0.25, -0.2) is 19.7 Å². The Balaban J connectivity index is 1.95. The van der Waals surface area contributed by atoms with Crippen molar-refractivity contribution in [2.24, 2.45) is 0 Å². The van der Waals surface area contributed by atoms with Crippen LogP contribution >= 0.6 is 0 Å². The number of aryl methyl sites for hydroxylation is 1. The predicted molar refractivity (Wildman–Crippen MR) is 92.3 cm³/mol. The van der Waals surface area contributed by atoms with E-state index >= 15 is 0 Å². The lowest BCUT2D eigenvalue weighted by Crippen LogP contribution is -2.33. The summed E-state index contributed by atoms with van der Waals surface area (Å²) >= 11 is 0. The van der Waals surface area contributed by atoms with Crippen molar-refractivity contribution in [3.8, 4) is 11.7 Å². The average Bonchev–Trinajstić information content (AvgIpc) is 3.03. The fraction of sp³-hybridized carbons (Fsp3) is 0.353. The summed E-state index contributed by atoms with van der Waals surface area (Å²) in [6.45, 7) is 5.46. The maximum Gasteiger partial charge on any atom is 0.347 e. The van der Waals surface area contributed by atoms with Crippen molar-refractivity contribution in [3.05, 3.63) is 36.4 Å². The zero-order valence-corrected chi connectivity index (χ0v) is 14.7. The second kappa shape index (κ2) is 7.44. The van der Waals surface area contributed by atoms with Crippen LogP contribution in [0.1, 0.15) is 19.4 Å². The molecule has 0 aromatic carbocycles. The number of fused-ring (bicyclic) bond motifs is 1. The van der Waals surface area contributed by atoms with Crippen LogP contribution in [-0.4, -0.2) is 54.6 Å². The van der Waals surface area contributed by atoms with Crippen molar-refractivity contribution < 1.29 is 19.4 Å². The van der Waals surface area contributed by atoms with Crippen LogP contribution in [0.2, 0.25) is 0 Å². The summed E-state index contributed by atoms with van der Waals surface area (Å²) in [4.78, 5) is 24.1. The maximum absolute atomic E-state index is 11.4. The SMILES string of the molecule is Cc1cccnc1-n1ncc2c(OC(COC(C)C)C(=O)O)ncnc21. The molecule has 136 valence electrons. The lowest BCUT2D eigenvalue weighted by Gasteiger charge is -2.16. The van der Waals surface area contributed by atoms with E-state index in [4.69, 9.17) is 9.47 Å². The van der Waals surface area contributed by atoms with Gasteiger partial charge in [-0.05, 0) is 32.4 Å². The molecule has 0 radical (unpaired) electrons.